The highest BCUT2D eigenvalue weighted by Crippen LogP contribution is 2.23. The van der Waals surface area contributed by atoms with E-state index in [0.29, 0.717) is 5.82 Å². The van der Waals surface area contributed by atoms with Crippen molar-refractivity contribution in [1.82, 2.24) is 9.97 Å². The molecule has 0 aliphatic heterocycles. The lowest BCUT2D eigenvalue weighted by Crippen LogP contribution is -2.01. The summed E-state index contributed by atoms with van der Waals surface area (Å²) in [4.78, 5) is 8.29. The molecule has 0 radical (unpaired) electrons. The van der Waals surface area contributed by atoms with E-state index in [1.54, 1.807) is 0 Å². The lowest BCUT2D eigenvalue weighted by Gasteiger charge is -2.08. The summed E-state index contributed by atoms with van der Waals surface area (Å²) >= 11 is 0. The molecule has 1 aromatic heterocycles. The predicted octanol–water partition coefficient (Wildman–Crippen LogP) is 2.29. The molecule has 3 heteroatoms. The molecular formula is C12H13N3. The van der Waals surface area contributed by atoms with Crippen LogP contribution in [0.2, 0.25) is 0 Å². The van der Waals surface area contributed by atoms with Crippen molar-refractivity contribution in [3.63, 3.8) is 0 Å². The summed E-state index contributed by atoms with van der Waals surface area (Å²) in [7, 11) is 0. The molecule has 0 spiro atoms. The van der Waals surface area contributed by atoms with Gasteiger partial charge in [0.15, 0.2) is 0 Å². The topological polar surface area (TPSA) is 51.8 Å². The monoisotopic (exact) mass is 199 g/mol. The maximum absolute atomic E-state index is 5.82. The van der Waals surface area contributed by atoms with Crippen LogP contribution in [-0.2, 0) is 6.42 Å². The van der Waals surface area contributed by atoms with Crippen LogP contribution in [0.4, 0.5) is 5.82 Å². The van der Waals surface area contributed by atoms with Crippen molar-refractivity contribution in [2.45, 2.75) is 13.3 Å². The van der Waals surface area contributed by atoms with Gasteiger partial charge < -0.3 is 5.73 Å². The molecule has 3 nitrogen and oxygen atoms in total. The van der Waals surface area contributed by atoms with E-state index < -0.39 is 0 Å². The molecule has 0 unspecified atom stereocenters. The average molecular weight is 199 g/mol. The van der Waals surface area contributed by atoms with Gasteiger partial charge in [-0.2, -0.15) is 0 Å². The molecule has 2 N–H and O–H groups in total. The Hall–Kier alpha value is -1.90. The summed E-state index contributed by atoms with van der Waals surface area (Å²) in [5, 5.41) is 0. The van der Waals surface area contributed by atoms with Crippen LogP contribution in [0.25, 0.3) is 11.3 Å². The van der Waals surface area contributed by atoms with Crippen LogP contribution >= 0.6 is 0 Å². The molecule has 0 saturated carbocycles. The molecule has 15 heavy (non-hydrogen) atoms. The lowest BCUT2D eigenvalue weighted by molar-refractivity contribution is 1.06. The molecular weight excluding hydrogens is 186 g/mol. The summed E-state index contributed by atoms with van der Waals surface area (Å²) in [6.07, 6.45) is 2.35. The van der Waals surface area contributed by atoms with Gasteiger partial charge in [0.25, 0.3) is 0 Å². The van der Waals surface area contributed by atoms with E-state index in [-0.39, 0.29) is 0 Å². The minimum Gasteiger partial charge on any atom is -0.383 e. The summed E-state index contributed by atoms with van der Waals surface area (Å²) < 4.78 is 0. The summed E-state index contributed by atoms with van der Waals surface area (Å²) in [5.74, 6) is 0.575. The molecule has 0 bridgehead atoms. The maximum Gasteiger partial charge on any atom is 0.130 e. The van der Waals surface area contributed by atoms with Gasteiger partial charge in [-0.05, 0) is 6.42 Å². The first-order valence-electron chi connectivity index (χ1n) is 4.97. The van der Waals surface area contributed by atoms with E-state index in [9.17, 15) is 0 Å². The van der Waals surface area contributed by atoms with E-state index in [2.05, 4.69) is 16.9 Å². The Morgan fingerprint density at radius 2 is 1.87 bits per heavy atom. The number of nitrogen functional groups attached to an aromatic ring is 1. The third kappa shape index (κ3) is 1.81. The number of nitrogens with two attached hydrogens (primary N) is 1. The van der Waals surface area contributed by atoms with Crippen molar-refractivity contribution in [2.75, 3.05) is 5.73 Å². The number of nitrogens with zero attached hydrogens (tertiary/aromatic N) is 2. The first-order valence-corrected chi connectivity index (χ1v) is 4.97. The zero-order valence-electron chi connectivity index (χ0n) is 8.64. The van der Waals surface area contributed by atoms with E-state index >= 15 is 0 Å². The fourth-order valence-corrected chi connectivity index (χ4v) is 1.62. The van der Waals surface area contributed by atoms with E-state index in [4.69, 9.17) is 5.73 Å². The van der Waals surface area contributed by atoms with E-state index in [1.807, 2.05) is 30.3 Å². The largest absolute Gasteiger partial charge is 0.383 e. The summed E-state index contributed by atoms with van der Waals surface area (Å²) in [5.41, 5.74) is 8.86. The van der Waals surface area contributed by atoms with Crippen LogP contribution in [0.5, 0.6) is 0 Å². The molecule has 0 aliphatic carbocycles. The van der Waals surface area contributed by atoms with Gasteiger partial charge in [-0.3, -0.25) is 0 Å². The lowest BCUT2D eigenvalue weighted by atomic mass is 10.0. The predicted molar refractivity (Wildman–Crippen MR) is 61.3 cm³/mol. The second-order valence-corrected chi connectivity index (χ2v) is 3.31. The summed E-state index contributed by atoms with van der Waals surface area (Å²) in [6, 6.07) is 10.0. The Morgan fingerprint density at radius 3 is 2.53 bits per heavy atom. The zero-order chi connectivity index (χ0) is 10.7. The Balaban J connectivity index is 2.58. The van der Waals surface area contributed by atoms with Gasteiger partial charge in [-0.25, -0.2) is 9.97 Å². The second kappa shape index (κ2) is 4.09. The number of hydrogen-bond donors (Lipinski definition) is 1. The van der Waals surface area contributed by atoms with Gasteiger partial charge in [-0.15, -0.1) is 0 Å². The van der Waals surface area contributed by atoms with Crippen molar-refractivity contribution in [1.29, 1.82) is 0 Å². The highest BCUT2D eigenvalue weighted by Gasteiger charge is 2.08. The third-order valence-electron chi connectivity index (χ3n) is 2.38. The van der Waals surface area contributed by atoms with Crippen molar-refractivity contribution in [2.24, 2.45) is 0 Å². The molecule has 1 aromatic carbocycles. The first-order chi connectivity index (χ1) is 7.33. The third-order valence-corrected chi connectivity index (χ3v) is 2.38. The molecule has 0 saturated heterocycles. The van der Waals surface area contributed by atoms with Crippen molar-refractivity contribution >= 4 is 5.82 Å². The van der Waals surface area contributed by atoms with Gasteiger partial charge in [0.05, 0.1) is 5.69 Å². The van der Waals surface area contributed by atoms with Crippen LogP contribution < -0.4 is 5.73 Å². The number of aromatic nitrogens is 2. The molecule has 76 valence electrons. The van der Waals surface area contributed by atoms with Crippen molar-refractivity contribution < 1.29 is 0 Å². The minimum atomic E-state index is 0.575. The summed E-state index contributed by atoms with van der Waals surface area (Å²) in [6.45, 7) is 2.06. The fourth-order valence-electron chi connectivity index (χ4n) is 1.62. The Bertz CT molecular complexity index is 452. The first kappa shape index (κ1) is 9.65. The highest BCUT2D eigenvalue weighted by atomic mass is 14.9. The minimum absolute atomic E-state index is 0.575. The molecule has 2 aromatic rings. The molecule has 0 aliphatic rings. The average Bonchev–Trinajstić information content (AvgIpc) is 2.30. The maximum atomic E-state index is 5.82. The van der Waals surface area contributed by atoms with Crippen LogP contribution in [0.1, 0.15) is 12.5 Å². The Labute approximate surface area is 89.0 Å². The van der Waals surface area contributed by atoms with E-state index in [0.717, 1.165) is 23.2 Å². The van der Waals surface area contributed by atoms with Gasteiger partial charge in [0, 0.05) is 11.1 Å². The van der Waals surface area contributed by atoms with Gasteiger partial charge in [0.2, 0.25) is 0 Å². The zero-order valence-corrected chi connectivity index (χ0v) is 8.64. The molecule has 1 heterocycles. The molecule has 0 atom stereocenters. The van der Waals surface area contributed by atoms with Crippen molar-refractivity contribution in [3.8, 4) is 11.3 Å². The van der Waals surface area contributed by atoms with Crippen LogP contribution in [0, 0.1) is 0 Å². The van der Waals surface area contributed by atoms with Gasteiger partial charge in [-0.1, -0.05) is 37.3 Å². The number of benzene rings is 1. The van der Waals surface area contributed by atoms with Gasteiger partial charge >= 0.3 is 0 Å². The standard InChI is InChI=1S/C12H13N3/c1-2-10-11(14-8-15-12(10)13)9-6-4-3-5-7-9/h3-8H,2H2,1H3,(H2,13,14,15). The Morgan fingerprint density at radius 1 is 1.13 bits per heavy atom. The molecule has 2 rings (SSSR count). The van der Waals surface area contributed by atoms with E-state index in [1.165, 1.54) is 6.33 Å². The quantitative estimate of drug-likeness (QED) is 0.807. The number of anilines is 1. The van der Waals surface area contributed by atoms with Gasteiger partial charge in [0.1, 0.15) is 12.1 Å². The highest BCUT2D eigenvalue weighted by molar-refractivity contribution is 5.67. The number of hydrogen-bond acceptors (Lipinski definition) is 3. The normalized spacial score (nSPS) is 10.2. The molecule has 0 fully saturated rings. The van der Waals surface area contributed by atoms with Crippen LogP contribution in [0.3, 0.4) is 0 Å². The van der Waals surface area contributed by atoms with Crippen molar-refractivity contribution in [3.05, 3.63) is 42.2 Å². The fraction of sp³-hybridized carbons (Fsp3) is 0.167. The Kier molecular flexibility index (Phi) is 2.63. The van der Waals surface area contributed by atoms with Crippen LogP contribution in [0.15, 0.2) is 36.7 Å². The molecule has 0 amide bonds. The SMILES string of the molecule is CCc1c(N)ncnc1-c1ccccc1. The smallest absolute Gasteiger partial charge is 0.130 e. The number of rotatable bonds is 2. The second-order valence-electron chi connectivity index (χ2n) is 3.31. The van der Waals surface area contributed by atoms with Crippen LogP contribution in [-0.4, -0.2) is 9.97 Å².